The minimum Gasteiger partial charge on any atom is -0.495 e. The molecule has 0 radical (unpaired) electrons. The van der Waals surface area contributed by atoms with Gasteiger partial charge in [0.05, 0.1) is 37.3 Å². The third-order valence-corrected chi connectivity index (χ3v) is 6.13. The largest absolute Gasteiger partial charge is 0.573 e. The summed E-state index contributed by atoms with van der Waals surface area (Å²) in [7, 11) is 1.52. The van der Waals surface area contributed by atoms with Crippen LogP contribution in [0, 0.1) is 11.8 Å². The summed E-state index contributed by atoms with van der Waals surface area (Å²) in [5.41, 5.74) is -0.0503. The first kappa shape index (κ1) is 21.3. The van der Waals surface area contributed by atoms with Crippen LogP contribution in [0.1, 0.15) is 0 Å². The SMILES string of the molecule is COc1ccccc1N1C[C@]23C=C[C@H](O2)[C@@H](C(=O)Nc2ccc(OC(F)(F)F)cc2)[C@H]3C1=O. The molecular weight excluding hydrogens is 441 g/mol. The Morgan fingerprint density at radius 1 is 1.18 bits per heavy atom. The van der Waals surface area contributed by atoms with E-state index in [1.165, 1.54) is 19.2 Å². The van der Waals surface area contributed by atoms with E-state index in [1.54, 1.807) is 35.2 Å². The van der Waals surface area contributed by atoms with Gasteiger partial charge in [-0.05, 0) is 36.4 Å². The summed E-state index contributed by atoms with van der Waals surface area (Å²) >= 11 is 0. The lowest BCUT2D eigenvalue weighted by Gasteiger charge is -2.23. The summed E-state index contributed by atoms with van der Waals surface area (Å²) in [6.07, 6.45) is -1.75. The van der Waals surface area contributed by atoms with Crippen molar-refractivity contribution in [3.8, 4) is 11.5 Å². The number of benzene rings is 2. The van der Waals surface area contributed by atoms with Crippen molar-refractivity contribution < 1.29 is 37.0 Å². The number of nitrogens with one attached hydrogen (secondary N) is 1. The molecule has 2 saturated heterocycles. The molecule has 4 atom stereocenters. The molecule has 0 aliphatic carbocycles. The molecule has 3 aliphatic heterocycles. The third kappa shape index (κ3) is 3.60. The number of nitrogens with zero attached hydrogens (tertiary/aromatic N) is 1. The topological polar surface area (TPSA) is 77.1 Å². The van der Waals surface area contributed by atoms with E-state index in [9.17, 15) is 22.8 Å². The number of alkyl halides is 3. The smallest absolute Gasteiger partial charge is 0.495 e. The van der Waals surface area contributed by atoms with Crippen LogP contribution >= 0.6 is 0 Å². The molecule has 33 heavy (non-hydrogen) atoms. The molecule has 0 unspecified atom stereocenters. The number of fused-ring (bicyclic) bond motifs is 1. The molecule has 2 amide bonds. The van der Waals surface area contributed by atoms with E-state index in [0.717, 1.165) is 12.1 Å². The van der Waals surface area contributed by atoms with Crippen molar-refractivity contribution in [2.75, 3.05) is 23.9 Å². The molecule has 2 aromatic rings. The zero-order valence-corrected chi connectivity index (χ0v) is 17.3. The normalized spacial score (nSPS) is 27.6. The highest BCUT2D eigenvalue weighted by Crippen LogP contribution is 2.53. The lowest BCUT2D eigenvalue weighted by Crippen LogP contribution is -2.41. The monoisotopic (exact) mass is 460 g/mol. The minimum atomic E-state index is -4.80. The molecule has 0 aromatic heterocycles. The summed E-state index contributed by atoms with van der Waals surface area (Å²) in [5, 5.41) is 2.68. The Morgan fingerprint density at radius 3 is 2.61 bits per heavy atom. The fourth-order valence-electron chi connectivity index (χ4n) is 4.82. The first-order valence-electron chi connectivity index (χ1n) is 10.2. The molecule has 1 N–H and O–H groups in total. The summed E-state index contributed by atoms with van der Waals surface area (Å²) in [6.45, 7) is 0.247. The fraction of sp³-hybridized carbons (Fsp3) is 0.304. The van der Waals surface area contributed by atoms with Gasteiger partial charge in [-0.1, -0.05) is 24.3 Å². The van der Waals surface area contributed by atoms with Gasteiger partial charge >= 0.3 is 6.36 Å². The van der Waals surface area contributed by atoms with E-state index in [2.05, 4.69) is 10.1 Å². The van der Waals surface area contributed by atoms with Crippen LogP contribution in [-0.4, -0.2) is 43.5 Å². The van der Waals surface area contributed by atoms with Crippen molar-refractivity contribution >= 4 is 23.2 Å². The van der Waals surface area contributed by atoms with Crippen molar-refractivity contribution in [3.63, 3.8) is 0 Å². The van der Waals surface area contributed by atoms with E-state index in [4.69, 9.17) is 9.47 Å². The number of rotatable bonds is 5. The predicted octanol–water partition coefficient (Wildman–Crippen LogP) is 3.52. The highest BCUT2D eigenvalue weighted by atomic mass is 19.4. The Hall–Kier alpha value is -3.53. The van der Waals surface area contributed by atoms with Crippen LogP contribution in [0.3, 0.4) is 0 Å². The number of hydrogen-bond donors (Lipinski definition) is 1. The Kier molecular flexibility index (Phi) is 4.86. The maximum atomic E-state index is 13.4. The molecule has 5 rings (SSSR count). The Bertz CT molecular complexity index is 1130. The van der Waals surface area contributed by atoms with Gasteiger partial charge in [0.2, 0.25) is 11.8 Å². The van der Waals surface area contributed by atoms with Crippen LogP contribution in [0.5, 0.6) is 11.5 Å². The predicted molar refractivity (Wildman–Crippen MR) is 111 cm³/mol. The number of carbonyl (C=O) groups is 2. The number of halogens is 3. The molecule has 0 saturated carbocycles. The first-order valence-corrected chi connectivity index (χ1v) is 10.2. The molecule has 2 fully saturated rings. The molecule has 7 nitrogen and oxygen atoms in total. The summed E-state index contributed by atoms with van der Waals surface area (Å²) in [4.78, 5) is 28.1. The molecule has 172 valence electrons. The summed E-state index contributed by atoms with van der Waals surface area (Å²) in [5.74, 6) is -2.08. The maximum Gasteiger partial charge on any atom is 0.573 e. The van der Waals surface area contributed by atoms with Gasteiger partial charge in [0.15, 0.2) is 0 Å². The minimum absolute atomic E-state index is 0.247. The number of methoxy groups -OCH3 is 1. The van der Waals surface area contributed by atoms with E-state index in [-0.39, 0.29) is 18.1 Å². The summed E-state index contributed by atoms with van der Waals surface area (Å²) in [6, 6.07) is 11.9. The number of amides is 2. The van der Waals surface area contributed by atoms with Crippen LogP contribution in [0.4, 0.5) is 24.5 Å². The van der Waals surface area contributed by atoms with Gasteiger partial charge < -0.3 is 24.4 Å². The van der Waals surface area contributed by atoms with Gasteiger partial charge in [-0.15, -0.1) is 13.2 Å². The van der Waals surface area contributed by atoms with Crippen molar-refractivity contribution in [3.05, 3.63) is 60.7 Å². The molecule has 3 heterocycles. The number of hydrogen-bond acceptors (Lipinski definition) is 5. The fourth-order valence-corrected chi connectivity index (χ4v) is 4.82. The van der Waals surface area contributed by atoms with Gasteiger partial charge in [-0.25, -0.2) is 0 Å². The quantitative estimate of drug-likeness (QED) is 0.691. The molecule has 10 heteroatoms. The van der Waals surface area contributed by atoms with Crippen molar-refractivity contribution in [1.82, 2.24) is 0 Å². The maximum absolute atomic E-state index is 13.4. The summed E-state index contributed by atoms with van der Waals surface area (Å²) < 4.78 is 52.4. The number of carbonyl (C=O) groups excluding carboxylic acids is 2. The highest BCUT2D eigenvalue weighted by Gasteiger charge is 2.67. The van der Waals surface area contributed by atoms with Gasteiger partial charge in [-0.3, -0.25) is 9.59 Å². The van der Waals surface area contributed by atoms with Crippen LogP contribution in [0.2, 0.25) is 0 Å². The van der Waals surface area contributed by atoms with Crippen molar-refractivity contribution in [2.45, 2.75) is 18.1 Å². The highest BCUT2D eigenvalue weighted by molar-refractivity contribution is 6.06. The average Bonchev–Trinajstić information content (AvgIpc) is 3.42. The molecular formula is C23H19F3N2O5. The second kappa shape index (κ2) is 7.51. The van der Waals surface area contributed by atoms with Crippen LogP contribution in [0.15, 0.2) is 60.7 Å². The standard InChI is InChI=1S/C23H19F3N2O5/c1-31-16-5-3-2-4-15(16)28-12-22-11-10-17(33-22)18(19(22)21(28)30)20(29)27-13-6-8-14(9-7-13)32-23(24,25)26/h2-11,17-19H,12H2,1H3,(H,27,29)/t17-,18+,19-,22-/m0/s1. The zero-order valence-electron chi connectivity index (χ0n) is 17.3. The molecule has 2 aromatic carbocycles. The Morgan fingerprint density at radius 2 is 1.91 bits per heavy atom. The molecule has 1 spiro atoms. The van der Waals surface area contributed by atoms with Crippen molar-refractivity contribution in [1.29, 1.82) is 0 Å². The van der Waals surface area contributed by atoms with Crippen molar-refractivity contribution in [2.24, 2.45) is 11.8 Å². The van der Waals surface area contributed by atoms with Gasteiger partial charge in [0, 0.05) is 5.69 Å². The second-order valence-electron chi connectivity index (χ2n) is 8.06. The van der Waals surface area contributed by atoms with E-state index in [0.29, 0.717) is 11.4 Å². The average molecular weight is 460 g/mol. The number of anilines is 2. The molecule has 3 aliphatic rings. The van der Waals surface area contributed by atoms with Gasteiger partial charge in [0.25, 0.3) is 0 Å². The second-order valence-corrected chi connectivity index (χ2v) is 8.06. The first-order chi connectivity index (χ1) is 15.7. The van der Waals surface area contributed by atoms with E-state index < -0.39 is 41.6 Å². The van der Waals surface area contributed by atoms with E-state index >= 15 is 0 Å². The number of para-hydroxylation sites is 2. The van der Waals surface area contributed by atoms with Gasteiger partial charge in [-0.2, -0.15) is 0 Å². The third-order valence-electron chi connectivity index (χ3n) is 6.13. The van der Waals surface area contributed by atoms with E-state index in [1.807, 2.05) is 6.08 Å². The lowest BCUT2D eigenvalue weighted by atomic mass is 9.77. The Balaban J connectivity index is 1.36. The van der Waals surface area contributed by atoms with Crippen LogP contribution in [-0.2, 0) is 14.3 Å². The number of ether oxygens (including phenoxy) is 3. The van der Waals surface area contributed by atoms with Gasteiger partial charge in [0.1, 0.15) is 17.1 Å². The van der Waals surface area contributed by atoms with Crippen LogP contribution in [0.25, 0.3) is 0 Å². The lowest BCUT2D eigenvalue weighted by molar-refractivity contribution is -0.274. The molecule has 2 bridgehead atoms. The van der Waals surface area contributed by atoms with Crippen LogP contribution < -0.4 is 19.7 Å². The Labute approximate surface area is 186 Å². The zero-order chi connectivity index (χ0) is 23.4.